The minimum atomic E-state index is 0.398. The zero-order valence-corrected chi connectivity index (χ0v) is 11.9. The van der Waals surface area contributed by atoms with Crippen LogP contribution < -0.4 is 10.6 Å². The molecule has 1 aliphatic rings. The Morgan fingerprint density at radius 2 is 2.33 bits per heavy atom. The summed E-state index contributed by atoms with van der Waals surface area (Å²) < 4.78 is 10.9. The lowest BCUT2D eigenvalue weighted by Crippen LogP contribution is -2.41. The highest BCUT2D eigenvalue weighted by atomic mass is 16.5. The molecule has 1 saturated heterocycles. The monoisotopic (exact) mass is 257 g/mol. The molecule has 0 radical (unpaired) electrons. The van der Waals surface area contributed by atoms with Crippen LogP contribution in [0.15, 0.2) is 4.99 Å². The third-order valence-corrected chi connectivity index (χ3v) is 2.78. The molecule has 106 valence electrons. The SMILES string of the molecule is CN=C(NCCCOCC1CCOC1)NC(C)C. The maximum absolute atomic E-state index is 5.63. The van der Waals surface area contributed by atoms with Crippen molar-refractivity contribution in [3.63, 3.8) is 0 Å². The van der Waals surface area contributed by atoms with Gasteiger partial charge in [-0.1, -0.05) is 0 Å². The molecule has 0 bridgehead atoms. The van der Waals surface area contributed by atoms with Crippen LogP contribution in [0.3, 0.4) is 0 Å². The third kappa shape index (κ3) is 6.81. The predicted octanol–water partition coefficient (Wildman–Crippen LogP) is 1.00. The van der Waals surface area contributed by atoms with Crippen LogP contribution in [0, 0.1) is 5.92 Å². The molecule has 0 spiro atoms. The molecular formula is C13H27N3O2. The molecule has 5 nitrogen and oxygen atoms in total. The Balaban J connectivity index is 1.93. The molecule has 0 saturated carbocycles. The van der Waals surface area contributed by atoms with Crippen LogP contribution in [0.1, 0.15) is 26.7 Å². The fourth-order valence-corrected chi connectivity index (χ4v) is 1.81. The number of hydrogen-bond acceptors (Lipinski definition) is 3. The van der Waals surface area contributed by atoms with Gasteiger partial charge in [-0.25, -0.2) is 0 Å². The smallest absolute Gasteiger partial charge is 0.191 e. The quantitative estimate of drug-likeness (QED) is 0.406. The highest BCUT2D eigenvalue weighted by Crippen LogP contribution is 2.12. The molecule has 0 aromatic heterocycles. The van der Waals surface area contributed by atoms with Crippen molar-refractivity contribution in [3.05, 3.63) is 0 Å². The van der Waals surface area contributed by atoms with Gasteiger partial charge in [0.2, 0.25) is 0 Å². The van der Waals surface area contributed by atoms with Crippen LogP contribution in [0.2, 0.25) is 0 Å². The van der Waals surface area contributed by atoms with Gasteiger partial charge in [0.15, 0.2) is 5.96 Å². The summed E-state index contributed by atoms with van der Waals surface area (Å²) in [7, 11) is 1.79. The Morgan fingerprint density at radius 1 is 1.50 bits per heavy atom. The fourth-order valence-electron chi connectivity index (χ4n) is 1.81. The molecule has 0 amide bonds. The first kappa shape index (κ1) is 15.2. The lowest BCUT2D eigenvalue weighted by Gasteiger charge is -2.14. The van der Waals surface area contributed by atoms with E-state index >= 15 is 0 Å². The van der Waals surface area contributed by atoms with E-state index in [2.05, 4.69) is 29.5 Å². The molecule has 1 aliphatic heterocycles. The van der Waals surface area contributed by atoms with E-state index in [1.54, 1.807) is 7.05 Å². The molecule has 5 heteroatoms. The van der Waals surface area contributed by atoms with Crippen LogP contribution in [-0.4, -0.2) is 52.0 Å². The highest BCUT2D eigenvalue weighted by molar-refractivity contribution is 5.79. The van der Waals surface area contributed by atoms with E-state index in [0.29, 0.717) is 12.0 Å². The molecule has 2 N–H and O–H groups in total. The Bertz CT molecular complexity index is 238. The van der Waals surface area contributed by atoms with E-state index in [1.165, 1.54) is 0 Å². The fraction of sp³-hybridized carbons (Fsp3) is 0.923. The summed E-state index contributed by atoms with van der Waals surface area (Å²) in [6, 6.07) is 0.398. The topological polar surface area (TPSA) is 54.9 Å². The van der Waals surface area contributed by atoms with Crippen molar-refractivity contribution in [3.8, 4) is 0 Å². The van der Waals surface area contributed by atoms with Crippen molar-refractivity contribution >= 4 is 5.96 Å². The number of aliphatic imine (C=N–C) groups is 1. The summed E-state index contributed by atoms with van der Waals surface area (Å²) in [5, 5.41) is 6.51. The van der Waals surface area contributed by atoms with Gasteiger partial charge in [0.05, 0.1) is 13.2 Å². The number of nitrogens with zero attached hydrogens (tertiary/aromatic N) is 1. The second-order valence-corrected chi connectivity index (χ2v) is 4.96. The van der Waals surface area contributed by atoms with Crippen LogP contribution in [0.4, 0.5) is 0 Å². The van der Waals surface area contributed by atoms with Gasteiger partial charge in [-0.05, 0) is 26.7 Å². The Kier molecular flexibility index (Phi) is 7.76. The minimum Gasteiger partial charge on any atom is -0.381 e. The van der Waals surface area contributed by atoms with Gasteiger partial charge in [-0.3, -0.25) is 4.99 Å². The van der Waals surface area contributed by atoms with E-state index in [9.17, 15) is 0 Å². The van der Waals surface area contributed by atoms with Gasteiger partial charge in [0.1, 0.15) is 0 Å². The van der Waals surface area contributed by atoms with Crippen LogP contribution in [-0.2, 0) is 9.47 Å². The zero-order valence-electron chi connectivity index (χ0n) is 11.9. The molecule has 18 heavy (non-hydrogen) atoms. The number of guanidine groups is 1. The van der Waals surface area contributed by atoms with Gasteiger partial charge >= 0.3 is 0 Å². The molecule has 1 rings (SSSR count). The van der Waals surface area contributed by atoms with Gasteiger partial charge in [-0.2, -0.15) is 0 Å². The van der Waals surface area contributed by atoms with Gasteiger partial charge in [-0.15, -0.1) is 0 Å². The molecule has 0 aliphatic carbocycles. The zero-order chi connectivity index (χ0) is 13.2. The highest BCUT2D eigenvalue weighted by Gasteiger charge is 2.15. The van der Waals surface area contributed by atoms with Crippen LogP contribution in [0.5, 0.6) is 0 Å². The lowest BCUT2D eigenvalue weighted by atomic mass is 10.1. The molecule has 1 heterocycles. The maximum atomic E-state index is 5.63. The maximum Gasteiger partial charge on any atom is 0.191 e. The molecule has 0 aromatic rings. The van der Waals surface area contributed by atoms with E-state index < -0.39 is 0 Å². The first-order valence-electron chi connectivity index (χ1n) is 6.85. The summed E-state index contributed by atoms with van der Waals surface area (Å²) in [5.41, 5.74) is 0. The summed E-state index contributed by atoms with van der Waals surface area (Å²) in [6.45, 7) is 8.46. The summed E-state index contributed by atoms with van der Waals surface area (Å²) in [5.74, 6) is 1.46. The summed E-state index contributed by atoms with van der Waals surface area (Å²) >= 11 is 0. The van der Waals surface area contributed by atoms with Gasteiger partial charge in [0.25, 0.3) is 0 Å². The number of ether oxygens (including phenoxy) is 2. The Hall–Kier alpha value is -0.810. The average Bonchev–Trinajstić information content (AvgIpc) is 2.84. The second-order valence-electron chi connectivity index (χ2n) is 4.96. The first-order valence-corrected chi connectivity index (χ1v) is 6.85. The van der Waals surface area contributed by atoms with Crippen LogP contribution in [0.25, 0.3) is 0 Å². The average molecular weight is 257 g/mol. The standard InChI is InChI=1S/C13H27N3O2/c1-11(2)16-13(14-3)15-6-4-7-17-9-12-5-8-18-10-12/h11-12H,4-10H2,1-3H3,(H2,14,15,16). The Labute approximate surface area is 110 Å². The number of hydrogen-bond donors (Lipinski definition) is 2. The number of nitrogens with one attached hydrogen (secondary N) is 2. The van der Waals surface area contributed by atoms with Crippen molar-refractivity contribution in [2.45, 2.75) is 32.7 Å². The second kappa shape index (κ2) is 9.16. The molecule has 0 aromatic carbocycles. The van der Waals surface area contributed by atoms with Crippen molar-refractivity contribution < 1.29 is 9.47 Å². The van der Waals surface area contributed by atoms with Crippen molar-refractivity contribution in [1.29, 1.82) is 0 Å². The molecule has 1 unspecified atom stereocenters. The summed E-state index contributed by atoms with van der Waals surface area (Å²) in [6.07, 6.45) is 2.13. The largest absolute Gasteiger partial charge is 0.381 e. The molecule has 1 atom stereocenters. The van der Waals surface area contributed by atoms with Crippen LogP contribution >= 0.6 is 0 Å². The van der Waals surface area contributed by atoms with E-state index in [1.807, 2.05) is 0 Å². The number of rotatable bonds is 7. The lowest BCUT2D eigenvalue weighted by molar-refractivity contribution is 0.0888. The van der Waals surface area contributed by atoms with E-state index in [-0.39, 0.29) is 0 Å². The van der Waals surface area contributed by atoms with E-state index in [0.717, 1.165) is 51.8 Å². The molecule has 1 fully saturated rings. The predicted molar refractivity (Wildman–Crippen MR) is 74.0 cm³/mol. The van der Waals surface area contributed by atoms with Crippen molar-refractivity contribution in [1.82, 2.24) is 10.6 Å². The minimum absolute atomic E-state index is 0.398. The first-order chi connectivity index (χ1) is 8.72. The molecular weight excluding hydrogens is 230 g/mol. The van der Waals surface area contributed by atoms with Crippen molar-refractivity contribution in [2.75, 3.05) is 40.0 Å². The third-order valence-electron chi connectivity index (χ3n) is 2.78. The summed E-state index contributed by atoms with van der Waals surface area (Å²) in [4.78, 5) is 4.15. The normalized spacial score (nSPS) is 20.4. The van der Waals surface area contributed by atoms with Gasteiger partial charge < -0.3 is 20.1 Å². The van der Waals surface area contributed by atoms with Gasteiger partial charge in [0, 0.05) is 38.8 Å². The van der Waals surface area contributed by atoms with E-state index in [4.69, 9.17) is 9.47 Å². The van der Waals surface area contributed by atoms with Crippen molar-refractivity contribution in [2.24, 2.45) is 10.9 Å². The Morgan fingerprint density at radius 3 is 2.94 bits per heavy atom.